The summed E-state index contributed by atoms with van der Waals surface area (Å²) >= 11 is 0. The van der Waals surface area contributed by atoms with Gasteiger partial charge in [0.2, 0.25) is 0 Å². The van der Waals surface area contributed by atoms with Gasteiger partial charge in [-0.1, -0.05) is 26.0 Å². The molecule has 1 fully saturated rings. The van der Waals surface area contributed by atoms with Gasteiger partial charge in [0, 0.05) is 19.1 Å². The van der Waals surface area contributed by atoms with Crippen molar-refractivity contribution in [3.8, 4) is 5.75 Å². The fraction of sp³-hybridized carbons (Fsp3) is 0.571. The summed E-state index contributed by atoms with van der Waals surface area (Å²) in [6.07, 6.45) is 1.12. The first-order valence-corrected chi connectivity index (χ1v) is 6.18. The molecule has 0 aliphatic carbocycles. The van der Waals surface area contributed by atoms with Crippen LogP contribution in [0, 0.1) is 5.41 Å². The largest absolute Gasteiger partial charge is 0.495 e. The smallest absolute Gasteiger partial charge is 0.142 e. The Morgan fingerprint density at radius 3 is 2.71 bits per heavy atom. The van der Waals surface area contributed by atoms with Gasteiger partial charge in [-0.05, 0) is 24.0 Å². The first-order chi connectivity index (χ1) is 8.04. The first kappa shape index (κ1) is 12.2. The lowest BCUT2D eigenvalue weighted by molar-refractivity contribution is 0.235. The Bertz CT molecular complexity index is 390. The number of hydrogen-bond acceptors (Lipinski definition) is 3. The second kappa shape index (κ2) is 4.57. The molecule has 2 rings (SSSR count). The molecule has 0 bridgehead atoms. The van der Waals surface area contributed by atoms with E-state index in [0.717, 1.165) is 30.9 Å². The van der Waals surface area contributed by atoms with Crippen LogP contribution in [0.2, 0.25) is 0 Å². The molecule has 3 nitrogen and oxygen atoms in total. The Morgan fingerprint density at radius 2 is 2.06 bits per heavy atom. The maximum atomic E-state index is 6.25. The van der Waals surface area contributed by atoms with Crippen molar-refractivity contribution in [2.75, 3.05) is 25.1 Å². The van der Waals surface area contributed by atoms with Gasteiger partial charge in [0.15, 0.2) is 0 Å². The normalized spacial score (nSPS) is 23.5. The van der Waals surface area contributed by atoms with E-state index in [9.17, 15) is 0 Å². The maximum absolute atomic E-state index is 6.25. The highest BCUT2D eigenvalue weighted by Crippen LogP contribution is 2.35. The zero-order chi connectivity index (χ0) is 12.5. The van der Waals surface area contributed by atoms with Gasteiger partial charge < -0.3 is 15.4 Å². The molecule has 0 saturated carbocycles. The van der Waals surface area contributed by atoms with E-state index in [-0.39, 0.29) is 11.5 Å². The molecule has 1 aromatic carbocycles. The van der Waals surface area contributed by atoms with Crippen LogP contribution in [0.1, 0.15) is 20.3 Å². The van der Waals surface area contributed by atoms with Crippen LogP contribution in [-0.2, 0) is 0 Å². The number of piperidine rings is 1. The Kier molecular flexibility index (Phi) is 3.29. The number of methoxy groups -OCH3 is 1. The van der Waals surface area contributed by atoms with Crippen LogP contribution in [0.5, 0.6) is 5.75 Å². The zero-order valence-electron chi connectivity index (χ0n) is 10.9. The number of nitrogens with two attached hydrogens (primary N) is 1. The second-order valence-electron chi connectivity index (χ2n) is 5.46. The molecule has 0 amide bonds. The fourth-order valence-corrected chi connectivity index (χ4v) is 2.29. The van der Waals surface area contributed by atoms with Gasteiger partial charge in [-0.15, -0.1) is 0 Å². The van der Waals surface area contributed by atoms with Gasteiger partial charge in [0.05, 0.1) is 12.8 Å². The number of nitrogens with zero attached hydrogens (tertiary/aromatic N) is 1. The van der Waals surface area contributed by atoms with Crippen LogP contribution in [0.15, 0.2) is 24.3 Å². The Morgan fingerprint density at radius 1 is 1.35 bits per heavy atom. The van der Waals surface area contributed by atoms with E-state index in [1.165, 1.54) is 0 Å². The molecule has 3 heteroatoms. The standard InChI is InChI=1S/C14H22N2O/c1-14(2)8-9-16(10-13(14)15)11-6-4-5-7-12(11)17-3/h4-7,13H,8-10,15H2,1-3H3. The number of anilines is 1. The van der Waals surface area contributed by atoms with Gasteiger partial charge in [0.1, 0.15) is 5.75 Å². The monoisotopic (exact) mass is 234 g/mol. The third kappa shape index (κ3) is 2.39. The van der Waals surface area contributed by atoms with Crippen molar-refractivity contribution < 1.29 is 4.74 Å². The van der Waals surface area contributed by atoms with Gasteiger partial charge in [-0.25, -0.2) is 0 Å². The molecular formula is C14H22N2O. The lowest BCUT2D eigenvalue weighted by atomic mass is 9.78. The molecule has 1 aliphatic rings. The molecule has 1 aliphatic heterocycles. The van der Waals surface area contributed by atoms with Crippen LogP contribution in [0.4, 0.5) is 5.69 Å². The third-order valence-corrected chi connectivity index (χ3v) is 3.87. The molecule has 94 valence electrons. The van der Waals surface area contributed by atoms with Gasteiger partial charge in [-0.2, -0.15) is 0 Å². The van der Waals surface area contributed by atoms with Gasteiger partial charge in [0.25, 0.3) is 0 Å². The second-order valence-corrected chi connectivity index (χ2v) is 5.46. The van der Waals surface area contributed by atoms with Gasteiger partial charge in [-0.3, -0.25) is 0 Å². The van der Waals surface area contributed by atoms with Crippen molar-refractivity contribution in [1.82, 2.24) is 0 Å². The average molecular weight is 234 g/mol. The van der Waals surface area contributed by atoms with E-state index < -0.39 is 0 Å². The molecule has 0 aromatic heterocycles. The van der Waals surface area contributed by atoms with Crippen molar-refractivity contribution in [3.05, 3.63) is 24.3 Å². The third-order valence-electron chi connectivity index (χ3n) is 3.87. The van der Waals surface area contributed by atoms with Crippen LogP contribution in [0.3, 0.4) is 0 Å². The van der Waals surface area contributed by atoms with Crippen LogP contribution in [0.25, 0.3) is 0 Å². The maximum Gasteiger partial charge on any atom is 0.142 e. The van der Waals surface area contributed by atoms with Crippen LogP contribution >= 0.6 is 0 Å². The lowest BCUT2D eigenvalue weighted by Gasteiger charge is -2.43. The predicted octanol–water partition coefficient (Wildman–Crippen LogP) is 2.26. The van der Waals surface area contributed by atoms with Crippen molar-refractivity contribution in [3.63, 3.8) is 0 Å². The van der Waals surface area contributed by atoms with Crippen LogP contribution in [-0.4, -0.2) is 26.2 Å². The Hall–Kier alpha value is -1.22. The summed E-state index contributed by atoms with van der Waals surface area (Å²) in [6, 6.07) is 8.35. The number of para-hydroxylation sites is 2. The summed E-state index contributed by atoms with van der Waals surface area (Å²) in [5, 5.41) is 0. The molecule has 1 atom stereocenters. The van der Waals surface area contributed by atoms with E-state index in [1.807, 2.05) is 18.2 Å². The first-order valence-electron chi connectivity index (χ1n) is 6.18. The summed E-state index contributed by atoms with van der Waals surface area (Å²) in [7, 11) is 1.71. The fourth-order valence-electron chi connectivity index (χ4n) is 2.29. The predicted molar refractivity (Wildman–Crippen MR) is 71.6 cm³/mol. The van der Waals surface area contributed by atoms with E-state index in [1.54, 1.807) is 7.11 Å². The van der Waals surface area contributed by atoms with Crippen molar-refractivity contribution in [2.45, 2.75) is 26.3 Å². The zero-order valence-corrected chi connectivity index (χ0v) is 10.9. The molecule has 2 N–H and O–H groups in total. The summed E-state index contributed by atoms with van der Waals surface area (Å²) in [5.74, 6) is 0.930. The van der Waals surface area contributed by atoms with Gasteiger partial charge >= 0.3 is 0 Å². The minimum Gasteiger partial charge on any atom is -0.495 e. The van der Waals surface area contributed by atoms with E-state index in [2.05, 4.69) is 24.8 Å². The molecule has 1 aromatic rings. The molecule has 0 radical (unpaired) electrons. The van der Waals surface area contributed by atoms with E-state index in [0.29, 0.717) is 0 Å². The molecule has 1 unspecified atom stereocenters. The molecule has 0 spiro atoms. The molecular weight excluding hydrogens is 212 g/mol. The number of rotatable bonds is 2. The summed E-state index contributed by atoms with van der Waals surface area (Å²) in [4.78, 5) is 2.33. The van der Waals surface area contributed by atoms with Crippen LogP contribution < -0.4 is 15.4 Å². The molecule has 1 saturated heterocycles. The Labute approximate surface area is 104 Å². The van der Waals surface area contributed by atoms with E-state index in [4.69, 9.17) is 10.5 Å². The highest BCUT2D eigenvalue weighted by atomic mass is 16.5. The van der Waals surface area contributed by atoms with Crippen molar-refractivity contribution in [2.24, 2.45) is 11.1 Å². The number of ether oxygens (including phenoxy) is 1. The van der Waals surface area contributed by atoms with Crippen molar-refractivity contribution >= 4 is 5.69 Å². The highest BCUT2D eigenvalue weighted by Gasteiger charge is 2.33. The summed E-state index contributed by atoms with van der Waals surface area (Å²) < 4.78 is 5.40. The minimum absolute atomic E-state index is 0.209. The minimum atomic E-state index is 0.209. The molecule has 17 heavy (non-hydrogen) atoms. The summed E-state index contributed by atoms with van der Waals surface area (Å²) in [6.45, 7) is 6.43. The lowest BCUT2D eigenvalue weighted by Crippen LogP contribution is -2.53. The van der Waals surface area contributed by atoms with E-state index >= 15 is 0 Å². The van der Waals surface area contributed by atoms with Crippen molar-refractivity contribution in [1.29, 1.82) is 0 Å². The number of benzene rings is 1. The topological polar surface area (TPSA) is 38.5 Å². The molecule has 1 heterocycles. The summed E-state index contributed by atoms with van der Waals surface area (Å²) in [5.41, 5.74) is 7.64. The average Bonchev–Trinajstić information content (AvgIpc) is 2.33. The SMILES string of the molecule is COc1ccccc1N1CCC(C)(C)C(N)C1. The highest BCUT2D eigenvalue weighted by molar-refractivity contribution is 5.58. The Balaban J connectivity index is 2.19. The quantitative estimate of drug-likeness (QED) is 0.853. The number of hydrogen-bond donors (Lipinski definition) is 1.